The monoisotopic (exact) mass is 447 g/mol. The Kier molecular flexibility index (Phi) is 5.92. The molecule has 2 heterocycles. The van der Waals surface area contributed by atoms with E-state index in [1.165, 1.54) is 27.6 Å². The quantitative estimate of drug-likeness (QED) is 0.419. The molecule has 3 aromatic rings. The van der Waals surface area contributed by atoms with Crippen molar-refractivity contribution in [1.82, 2.24) is 10.4 Å². The van der Waals surface area contributed by atoms with Crippen molar-refractivity contribution in [2.75, 3.05) is 19.4 Å². The molecule has 2 N–H and O–H groups in total. The molecule has 0 atom stereocenters. The lowest BCUT2D eigenvalue weighted by atomic mass is 10.1. The van der Waals surface area contributed by atoms with Crippen LogP contribution in [0.15, 0.2) is 24.3 Å². The first-order valence-corrected chi connectivity index (χ1v) is 11.6. The van der Waals surface area contributed by atoms with Crippen LogP contribution in [0.2, 0.25) is 5.02 Å². The van der Waals surface area contributed by atoms with Gasteiger partial charge in [-0.1, -0.05) is 36.2 Å². The van der Waals surface area contributed by atoms with Gasteiger partial charge in [-0.2, -0.15) is 0 Å². The molecular weight excluding hydrogens is 426 g/mol. The van der Waals surface area contributed by atoms with Gasteiger partial charge in [0.15, 0.2) is 0 Å². The van der Waals surface area contributed by atoms with Crippen molar-refractivity contribution in [3.05, 3.63) is 50.2 Å². The molecule has 0 saturated carbocycles. The highest BCUT2D eigenvalue weighted by molar-refractivity contribution is 7.22. The second-order valence-corrected chi connectivity index (χ2v) is 9.83. The van der Waals surface area contributed by atoms with Gasteiger partial charge in [0.1, 0.15) is 9.88 Å². The number of anilines is 1. The van der Waals surface area contributed by atoms with Crippen LogP contribution in [0.1, 0.15) is 49.7 Å². The summed E-state index contributed by atoms with van der Waals surface area (Å²) in [7, 11) is 3.55. The van der Waals surface area contributed by atoms with Crippen LogP contribution in [-0.2, 0) is 12.8 Å². The summed E-state index contributed by atoms with van der Waals surface area (Å²) in [6.45, 7) is 0. The molecule has 1 aromatic carbocycles. The number of nitrogens with one attached hydrogen (secondary N) is 2. The van der Waals surface area contributed by atoms with Crippen LogP contribution in [0, 0.1) is 0 Å². The molecule has 29 heavy (non-hydrogen) atoms. The van der Waals surface area contributed by atoms with E-state index < -0.39 is 0 Å². The Morgan fingerprint density at radius 3 is 2.55 bits per heavy atom. The summed E-state index contributed by atoms with van der Waals surface area (Å²) in [4.78, 5) is 27.7. The molecule has 2 aromatic heterocycles. The van der Waals surface area contributed by atoms with Crippen molar-refractivity contribution in [3.63, 3.8) is 0 Å². The molecule has 0 aliphatic heterocycles. The van der Waals surface area contributed by atoms with Crippen LogP contribution in [0.4, 0.5) is 5.00 Å². The third-order valence-electron chi connectivity index (χ3n) is 4.94. The van der Waals surface area contributed by atoms with E-state index in [0.717, 1.165) is 47.8 Å². The number of thiophene rings is 2. The van der Waals surface area contributed by atoms with E-state index in [2.05, 4.69) is 10.7 Å². The number of benzene rings is 1. The number of halogens is 1. The lowest BCUT2D eigenvalue weighted by Crippen LogP contribution is -2.36. The lowest BCUT2D eigenvalue weighted by molar-refractivity contribution is 0.0857. The molecule has 0 fully saturated rings. The van der Waals surface area contributed by atoms with Gasteiger partial charge in [-0.25, -0.2) is 5.01 Å². The van der Waals surface area contributed by atoms with E-state index in [1.54, 1.807) is 19.1 Å². The number of carbonyl (C=O) groups is 2. The average Bonchev–Trinajstić information content (AvgIpc) is 3.10. The molecule has 8 heteroatoms. The van der Waals surface area contributed by atoms with E-state index >= 15 is 0 Å². The summed E-state index contributed by atoms with van der Waals surface area (Å²) in [5.41, 5.74) is 4.49. The van der Waals surface area contributed by atoms with Crippen LogP contribution in [0.5, 0.6) is 0 Å². The summed E-state index contributed by atoms with van der Waals surface area (Å²) in [5, 5.41) is 6.55. The molecule has 1 aliphatic rings. The molecule has 152 valence electrons. The fourth-order valence-corrected chi connectivity index (χ4v) is 6.34. The minimum Gasteiger partial charge on any atom is -0.312 e. The van der Waals surface area contributed by atoms with Gasteiger partial charge in [0, 0.05) is 29.1 Å². The second kappa shape index (κ2) is 8.44. The highest BCUT2D eigenvalue weighted by atomic mass is 35.5. The zero-order valence-electron chi connectivity index (χ0n) is 16.3. The number of aryl methyl sites for hydroxylation is 1. The summed E-state index contributed by atoms with van der Waals surface area (Å²) in [6.07, 6.45) is 5.14. The minimum absolute atomic E-state index is 0.188. The van der Waals surface area contributed by atoms with Crippen LogP contribution in [-0.4, -0.2) is 30.9 Å². The Morgan fingerprint density at radius 1 is 1.03 bits per heavy atom. The summed E-state index contributed by atoms with van der Waals surface area (Å²) in [6, 6.07) is 7.69. The minimum atomic E-state index is -0.272. The molecule has 0 bridgehead atoms. The smallest absolute Gasteiger partial charge is 0.268 e. The standard InChI is InChI=1S/C21H22ClN3O2S2/c1-25(2)24-19(26)16-12-8-4-3-5-10-14(12)29-21(16)23-20(27)18-17(22)13-9-6-7-11-15(13)28-18/h6-7,9,11H,3-5,8,10H2,1-2H3,(H,23,27)(H,24,26). The fourth-order valence-electron chi connectivity index (χ4n) is 3.65. The van der Waals surface area contributed by atoms with Crippen molar-refractivity contribution in [2.24, 2.45) is 0 Å². The number of amides is 2. The zero-order chi connectivity index (χ0) is 20.5. The maximum Gasteiger partial charge on any atom is 0.268 e. The van der Waals surface area contributed by atoms with Gasteiger partial charge in [-0.05, 0) is 37.3 Å². The van der Waals surface area contributed by atoms with E-state index in [-0.39, 0.29) is 11.8 Å². The van der Waals surface area contributed by atoms with Crippen LogP contribution < -0.4 is 10.7 Å². The van der Waals surface area contributed by atoms with Crippen LogP contribution >= 0.6 is 34.3 Å². The van der Waals surface area contributed by atoms with Gasteiger partial charge >= 0.3 is 0 Å². The number of rotatable bonds is 4. The third kappa shape index (κ3) is 4.05. The van der Waals surface area contributed by atoms with E-state index in [0.29, 0.717) is 20.5 Å². The molecule has 0 saturated heterocycles. The predicted octanol–water partition coefficient (Wildman–Crippen LogP) is 5.34. The molecular formula is C21H22ClN3O2S2. The zero-order valence-corrected chi connectivity index (χ0v) is 18.7. The number of hydrogen-bond donors (Lipinski definition) is 2. The molecule has 5 nitrogen and oxygen atoms in total. The maximum atomic E-state index is 13.1. The Balaban J connectivity index is 1.71. The van der Waals surface area contributed by atoms with E-state index in [1.807, 2.05) is 24.3 Å². The number of hydrogen-bond acceptors (Lipinski definition) is 5. The van der Waals surface area contributed by atoms with Crippen molar-refractivity contribution in [3.8, 4) is 0 Å². The first-order valence-electron chi connectivity index (χ1n) is 9.57. The Hall–Kier alpha value is -1.93. The normalized spacial score (nSPS) is 13.9. The molecule has 4 rings (SSSR count). The molecule has 1 aliphatic carbocycles. The van der Waals surface area contributed by atoms with Crippen molar-refractivity contribution >= 4 is 61.2 Å². The fraction of sp³-hybridized carbons (Fsp3) is 0.333. The summed E-state index contributed by atoms with van der Waals surface area (Å²) >= 11 is 9.36. The third-order valence-corrected chi connectivity index (χ3v) is 7.82. The van der Waals surface area contributed by atoms with E-state index in [9.17, 15) is 9.59 Å². The number of fused-ring (bicyclic) bond motifs is 2. The van der Waals surface area contributed by atoms with Crippen molar-refractivity contribution < 1.29 is 9.59 Å². The predicted molar refractivity (Wildman–Crippen MR) is 122 cm³/mol. The first-order chi connectivity index (χ1) is 14.0. The first kappa shape index (κ1) is 20.3. The highest BCUT2D eigenvalue weighted by Crippen LogP contribution is 2.39. The SMILES string of the molecule is CN(C)NC(=O)c1c(NC(=O)c2sc3ccccc3c2Cl)sc2c1CCCCC2. The Labute approximate surface area is 182 Å². The van der Waals surface area contributed by atoms with Crippen molar-refractivity contribution in [1.29, 1.82) is 0 Å². The van der Waals surface area contributed by atoms with Gasteiger partial charge < -0.3 is 5.32 Å². The van der Waals surface area contributed by atoms with Gasteiger partial charge in [0.25, 0.3) is 11.8 Å². The Bertz CT molecular complexity index is 1090. The summed E-state index contributed by atoms with van der Waals surface area (Å²) in [5.74, 6) is -0.460. The highest BCUT2D eigenvalue weighted by Gasteiger charge is 2.27. The number of carbonyl (C=O) groups excluding carboxylic acids is 2. The molecule has 0 radical (unpaired) electrons. The van der Waals surface area contributed by atoms with E-state index in [4.69, 9.17) is 11.6 Å². The Morgan fingerprint density at radius 2 is 1.79 bits per heavy atom. The van der Waals surface area contributed by atoms with Gasteiger partial charge in [0.2, 0.25) is 0 Å². The second-order valence-electron chi connectivity index (χ2n) is 7.30. The summed E-state index contributed by atoms with van der Waals surface area (Å²) < 4.78 is 0.968. The molecule has 0 spiro atoms. The average molecular weight is 448 g/mol. The molecule has 0 unspecified atom stereocenters. The van der Waals surface area contributed by atoms with Gasteiger partial charge in [-0.15, -0.1) is 22.7 Å². The van der Waals surface area contributed by atoms with Gasteiger partial charge in [0.05, 0.1) is 10.6 Å². The maximum absolute atomic E-state index is 13.1. The van der Waals surface area contributed by atoms with Crippen LogP contribution in [0.3, 0.4) is 0 Å². The topological polar surface area (TPSA) is 61.4 Å². The number of nitrogens with zero attached hydrogens (tertiary/aromatic N) is 1. The van der Waals surface area contributed by atoms with Crippen LogP contribution in [0.25, 0.3) is 10.1 Å². The largest absolute Gasteiger partial charge is 0.312 e. The lowest BCUT2D eigenvalue weighted by Gasteiger charge is -2.14. The van der Waals surface area contributed by atoms with Crippen molar-refractivity contribution in [2.45, 2.75) is 32.1 Å². The molecule has 2 amide bonds. The number of hydrazine groups is 1. The van der Waals surface area contributed by atoms with Gasteiger partial charge in [-0.3, -0.25) is 15.0 Å².